The molecule has 4 amide bonds. The maximum atomic E-state index is 12.9. The Hall–Kier alpha value is -3.13. The van der Waals surface area contributed by atoms with Gasteiger partial charge in [0.15, 0.2) is 0 Å². The lowest BCUT2D eigenvalue weighted by atomic mass is 10.0. The van der Waals surface area contributed by atoms with Crippen LogP contribution in [-0.4, -0.2) is 80.8 Å². The van der Waals surface area contributed by atoms with Crippen LogP contribution in [-0.2, 0) is 30.4 Å². The molecule has 1 aromatic rings. The van der Waals surface area contributed by atoms with Gasteiger partial charge in [0, 0.05) is 18.3 Å². The van der Waals surface area contributed by atoms with Crippen LogP contribution in [0.4, 0.5) is 0 Å². The van der Waals surface area contributed by atoms with E-state index in [2.05, 4.69) is 25.9 Å². The molecule has 0 aromatic carbocycles. The Morgan fingerprint density at radius 3 is 2.21 bits per heavy atom. The van der Waals surface area contributed by atoms with Gasteiger partial charge < -0.3 is 37.5 Å². The van der Waals surface area contributed by atoms with Gasteiger partial charge in [0.25, 0.3) is 0 Å². The van der Waals surface area contributed by atoms with Gasteiger partial charge in [0.1, 0.15) is 18.1 Å². The maximum Gasteiger partial charge on any atom is 0.326 e. The minimum absolute atomic E-state index is 0.112. The highest BCUT2D eigenvalue weighted by Crippen LogP contribution is 2.07. The highest BCUT2D eigenvalue weighted by molar-refractivity contribution is 7.98. The number of carbonyl (C=O) groups excluding carboxylic acids is 4. The molecule has 4 atom stereocenters. The van der Waals surface area contributed by atoms with Gasteiger partial charge in [0.05, 0.1) is 18.8 Å². The van der Waals surface area contributed by atoms with Crippen LogP contribution in [0.2, 0.25) is 0 Å². The summed E-state index contributed by atoms with van der Waals surface area (Å²) in [7, 11) is 0. The molecule has 0 aliphatic carbocycles. The van der Waals surface area contributed by atoms with Crippen LogP contribution in [0.3, 0.4) is 0 Å². The molecule has 0 saturated carbocycles. The van der Waals surface area contributed by atoms with Crippen molar-refractivity contribution >= 4 is 41.4 Å². The first-order valence-electron chi connectivity index (χ1n) is 10.6. The monoisotopic (exact) mass is 499 g/mol. The van der Waals surface area contributed by atoms with Crippen LogP contribution in [0.25, 0.3) is 0 Å². The number of aromatic nitrogens is 2. The molecule has 14 heteroatoms. The third-order valence-corrected chi connectivity index (χ3v) is 5.49. The summed E-state index contributed by atoms with van der Waals surface area (Å²) in [5.74, 6) is -4.17. The Kier molecular flexibility index (Phi) is 12.1. The standard InChI is InChI=1S/C20H33N7O6S/c1-10(2)16(20(32)33)27-18(30)13(4-5-34-3)25-19(31)14(7-15(22)28)26-17(29)12(21)6-11-8-23-9-24-11/h8-10,12-14,16H,4-7,21H2,1-3H3,(H2,22,28)(H,23,24)(H,25,31)(H,26,29)(H,27,30)(H,32,33). The fourth-order valence-corrected chi connectivity index (χ4v) is 3.43. The number of nitrogens with one attached hydrogen (secondary N) is 4. The van der Waals surface area contributed by atoms with Crippen molar-refractivity contribution in [1.82, 2.24) is 25.9 Å². The Labute approximate surface area is 201 Å². The van der Waals surface area contributed by atoms with Crippen molar-refractivity contribution in [1.29, 1.82) is 0 Å². The summed E-state index contributed by atoms with van der Waals surface area (Å²) in [6.45, 7) is 3.28. The molecule has 0 saturated heterocycles. The van der Waals surface area contributed by atoms with Crippen molar-refractivity contribution in [2.75, 3.05) is 12.0 Å². The minimum Gasteiger partial charge on any atom is -0.480 e. The molecule has 9 N–H and O–H groups in total. The summed E-state index contributed by atoms with van der Waals surface area (Å²) >= 11 is 1.43. The van der Waals surface area contributed by atoms with E-state index in [9.17, 15) is 29.1 Å². The zero-order valence-electron chi connectivity index (χ0n) is 19.4. The summed E-state index contributed by atoms with van der Waals surface area (Å²) in [5, 5.41) is 16.7. The lowest BCUT2D eigenvalue weighted by molar-refractivity contribution is -0.143. The molecule has 0 radical (unpaired) electrons. The number of H-pyrrole nitrogens is 1. The number of carboxylic acids is 1. The smallest absolute Gasteiger partial charge is 0.326 e. The number of primary amides is 1. The van der Waals surface area contributed by atoms with Crippen LogP contribution in [0, 0.1) is 5.92 Å². The van der Waals surface area contributed by atoms with E-state index in [-0.39, 0.29) is 12.8 Å². The fourth-order valence-electron chi connectivity index (χ4n) is 2.96. The number of aliphatic carboxylic acids is 1. The molecule has 1 aromatic heterocycles. The number of hydrogen-bond donors (Lipinski definition) is 7. The number of carboxylic acid groups (broad SMARTS) is 1. The van der Waals surface area contributed by atoms with Gasteiger partial charge in [-0.1, -0.05) is 13.8 Å². The van der Waals surface area contributed by atoms with Crippen LogP contribution in [0.5, 0.6) is 0 Å². The van der Waals surface area contributed by atoms with Gasteiger partial charge in [-0.15, -0.1) is 0 Å². The maximum absolute atomic E-state index is 12.9. The molecular formula is C20H33N7O6S. The van der Waals surface area contributed by atoms with E-state index in [0.717, 1.165) is 0 Å². The second kappa shape index (κ2) is 14.2. The Bertz CT molecular complexity index is 848. The highest BCUT2D eigenvalue weighted by Gasteiger charge is 2.31. The Morgan fingerprint density at radius 1 is 1.09 bits per heavy atom. The van der Waals surface area contributed by atoms with E-state index in [1.165, 1.54) is 24.3 Å². The van der Waals surface area contributed by atoms with Crippen molar-refractivity contribution in [3.8, 4) is 0 Å². The summed E-state index contributed by atoms with van der Waals surface area (Å²) in [5.41, 5.74) is 11.7. The van der Waals surface area contributed by atoms with E-state index < -0.39 is 66.1 Å². The number of nitrogens with two attached hydrogens (primary N) is 2. The van der Waals surface area contributed by atoms with Crippen LogP contribution in [0.1, 0.15) is 32.4 Å². The summed E-state index contributed by atoms with van der Waals surface area (Å²) in [4.78, 5) is 67.7. The van der Waals surface area contributed by atoms with Crippen LogP contribution in [0.15, 0.2) is 12.5 Å². The first kappa shape index (κ1) is 28.9. The minimum atomic E-state index is -1.37. The van der Waals surface area contributed by atoms with Crippen molar-refractivity contribution < 1.29 is 29.1 Å². The molecule has 4 unspecified atom stereocenters. The number of imidazole rings is 1. The zero-order chi connectivity index (χ0) is 25.8. The number of thioether (sulfide) groups is 1. The van der Waals surface area contributed by atoms with E-state index in [1.807, 2.05) is 6.26 Å². The Morgan fingerprint density at radius 2 is 1.71 bits per heavy atom. The average Bonchev–Trinajstić information content (AvgIpc) is 3.26. The fraction of sp³-hybridized carbons (Fsp3) is 0.600. The first-order valence-corrected chi connectivity index (χ1v) is 12.0. The lowest BCUT2D eigenvalue weighted by Crippen LogP contribution is -2.58. The number of aromatic amines is 1. The number of nitrogens with zero attached hydrogens (tertiary/aromatic N) is 1. The summed E-state index contributed by atoms with van der Waals surface area (Å²) < 4.78 is 0. The van der Waals surface area contributed by atoms with E-state index >= 15 is 0 Å². The SMILES string of the molecule is CSCCC(NC(=O)C(CC(N)=O)NC(=O)C(N)Cc1cnc[nH]1)C(=O)NC(C(=O)O)C(C)C. The molecule has 0 spiro atoms. The number of hydrogen-bond acceptors (Lipinski definition) is 8. The zero-order valence-corrected chi connectivity index (χ0v) is 20.2. The number of carbonyl (C=O) groups is 5. The topological polar surface area (TPSA) is 222 Å². The molecular weight excluding hydrogens is 466 g/mol. The van der Waals surface area contributed by atoms with Crippen molar-refractivity contribution in [3.63, 3.8) is 0 Å². The Balaban J connectivity index is 2.93. The van der Waals surface area contributed by atoms with Crippen LogP contribution < -0.4 is 27.4 Å². The summed E-state index contributed by atoms with van der Waals surface area (Å²) in [6.07, 6.45) is 4.52. The molecule has 0 bridgehead atoms. The van der Waals surface area contributed by atoms with Gasteiger partial charge >= 0.3 is 5.97 Å². The predicted octanol–water partition coefficient (Wildman–Crippen LogP) is -1.90. The predicted molar refractivity (Wildman–Crippen MR) is 125 cm³/mol. The molecule has 190 valence electrons. The van der Waals surface area contributed by atoms with E-state index in [0.29, 0.717) is 11.4 Å². The van der Waals surface area contributed by atoms with Gasteiger partial charge in [-0.25, -0.2) is 9.78 Å². The van der Waals surface area contributed by atoms with Gasteiger partial charge in [0.2, 0.25) is 23.6 Å². The van der Waals surface area contributed by atoms with Crippen molar-refractivity contribution in [2.45, 2.75) is 57.3 Å². The second-order valence-corrected chi connectivity index (χ2v) is 9.02. The third-order valence-electron chi connectivity index (χ3n) is 4.84. The normalized spacial score (nSPS) is 14.5. The lowest BCUT2D eigenvalue weighted by Gasteiger charge is -2.25. The second-order valence-electron chi connectivity index (χ2n) is 8.03. The average molecular weight is 500 g/mol. The largest absolute Gasteiger partial charge is 0.480 e. The van der Waals surface area contributed by atoms with Crippen molar-refractivity contribution in [3.05, 3.63) is 18.2 Å². The number of amides is 4. The van der Waals surface area contributed by atoms with E-state index in [4.69, 9.17) is 11.5 Å². The quantitative estimate of drug-likeness (QED) is 0.143. The third kappa shape index (κ3) is 9.79. The molecule has 34 heavy (non-hydrogen) atoms. The van der Waals surface area contributed by atoms with E-state index in [1.54, 1.807) is 13.8 Å². The molecule has 1 rings (SSSR count). The van der Waals surface area contributed by atoms with Gasteiger partial charge in [-0.2, -0.15) is 11.8 Å². The number of rotatable bonds is 15. The van der Waals surface area contributed by atoms with Gasteiger partial charge in [-0.05, 0) is 24.3 Å². The van der Waals surface area contributed by atoms with Gasteiger partial charge in [-0.3, -0.25) is 19.2 Å². The molecule has 1 heterocycles. The first-order chi connectivity index (χ1) is 16.0. The summed E-state index contributed by atoms with van der Waals surface area (Å²) in [6, 6.07) is -4.65. The van der Waals surface area contributed by atoms with Crippen molar-refractivity contribution in [2.24, 2.45) is 17.4 Å². The molecule has 13 nitrogen and oxygen atoms in total. The highest BCUT2D eigenvalue weighted by atomic mass is 32.2. The van der Waals surface area contributed by atoms with Crippen LogP contribution >= 0.6 is 11.8 Å². The molecule has 0 aliphatic rings. The molecule has 0 fully saturated rings. The molecule has 0 aliphatic heterocycles.